The zero-order chi connectivity index (χ0) is 23.2. The van der Waals surface area contributed by atoms with Crippen LogP contribution in [0.5, 0.6) is 0 Å². The van der Waals surface area contributed by atoms with Gasteiger partial charge in [0.15, 0.2) is 0 Å². The van der Waals surface area contributed by atoms with E-state index in [0.717, 1.165) is 34.5 Å². The van der Waals surface area contributed by atoms with Gasteiger partial charge >= 0.3 is 0 Å². The maximum Gasteiger partial charge on any atom is 0.248 e. The van der Waals surface area contributed by atoms with Gasteiger partial charge in [-0.3, -0.25) is 9.69 Å². The number of aromatic nitrogens is 1. The number of morpholine rings is 1. The summed E-state index contributed by atoms with van der Waals surface area (Å²) in [7, 11) is 0. The van der Waals surface area contributed by atoms with Gasteiger partial charge in [0.05, 0.1) is 25.0 Å². The molecule has 4 N–H and O–H groups in total. The van der Waals surface area contributed by atoms with E-state index in [2.05, 4.69) is 26.2 Å². The second-order valence-corrected chi connectivity index (χ2v) is 8.83. The molecular weight excluding hydrogens is 435 g/mol. The molecule has 0 saturated carbocycles. The monoisotopic (exact) mass is 460 g/mol. The van der Waals surface area contributed by atoms with Crippen molar-refractivity contribution < 1.29 is 13.9 Å². The first-order valence-electron chi connectivity index (χ1n) is 11.4. The zero-order valence-corrected chi connectivity index (χ0v) is 18.5. The Hall–Kier alpha value is -3.69. The van der Waals surface area contributed by atoms with Gasteiger partial charge in [-0.2, -0.15) is 0 Å². The summed E-state index contributed by atoms with van der Waals surface area (Å²) in [5.41, 5.74) is 9.18. The molecule has 34 heavy (non-hydrogen) atoms. The molecule has 0 bridgehead atoms. The summed E-state index contributed by atoms with van der Waals surface area (Å²) >= 11 is 0. The van der Waals surface area contributed by atoms with Gasteiger partial charge in [-0.05, 0) is 30.3 Å². The van der Waals surface area contributed by atoms with Gasteiger partial charge in [-0.15, -0.1) is 0 Å². The van der Waals surface area contributed by atoms with Gasteiger partial charge in [-0.1, -0.05) is 12.1 Å². The number of nitrogens with two attached hydrogens (primary N) is 1. The van der Waals surface area contributed by atoms with Crippen molar-refractivity contribution >= 4 is 22.6 Å². The lowest BCUT2D eigenvalue weighted by Gasteiger charge is -2.50. The molecule has 2 atom stereocenters. The van der Waals surface area contributed by atoms with Crippen LogP contribution in [0.25, 0.3) is 10.9 Å². The van der Waals surface area contributed by atoms with Crippen molar-refractivity contribution in [2.75, 3.05) is 26.3 Å². The number of halogens is 1. The number of ether oxygens (including phenoxy) is 1. The lowest BCUT2D eigenvalue weighted by molar-refractivity contribution is -0.0555. The summed E-state index contributed by atoms with van der Waals surface area (Å²) in [6.07, 6.45) is 3.68. The molecule has 6 rings (SSSR count). The topological polar surface area (TPSA) is 99.0 Å². The number of nitrogens with zero attached hydrogens (tertiary/aromatic N) is 3. The Bertz CT molecular complexity index is 1330. The van der Waals surface area contributed by atoms with Gasteiger partial charge in [0, 0.05) is 59.6 Å². The number of amidine groups is 1. The van der Waals surface area contributed by atoms with Crippen LogP contribution in [0.2, 0.25) is 0 Å². The molecule has 2 aromatic carbocycles. The maximum absolute atomic E-state index is 14.7. The van der Waals surface area contributed by atoms with Crippen molar-refractivity contribution in [3.05, 3.63) is 83.1 Å². The zero-order valence-electron chi connectivity index (χ0n) is 18.5. The largest absolute Gasteiger partial charge is 0.378 e. The SMILES string of the molecule is NC(=O)c1ccc(F)c(CN2CC3COCCN3C3N=C(c4cccc5[nH]ccc45)NC=C32)c1. The van der Waals surface area contributed by atoms with Crippen LogP contribution in [0.1, 0.15) is 21.5 Å². The molecule has 3 aliphatic rings. The number of hydrogen-bond acceptors (Lipinski definition) is 6. The third-order valence-electron chi connectivity index (χ3n) is 6.80. The highest BCUT2D eigenvalue weighted by molar-refractivity contribution is 6.10. The number of rotatable bonds is 4. The third-order valence-corrected chi connectivity index (χ3v) is 6.80. The molecule has 1 amide bonds. The lowest BCUT2D eigenvalue weighted by Crippen LogP contribution is -2.62. The molecule has 8 nitrogen and oxygen atoms in total. The molecule has 0 radical (unpaired) electrons. The molecule has 2 fully saturated rings. The molecule has 2 unspecified atom stereocenters. The van der Waals surface area contributed by atoms with Gasteiger partial charge < -0.3 is 25.7 Å². The number of piperazine rings is 1. The number of aliphatic imine (C=N–C) groups is 1. The van der Waals surface area contributed by atoms with Crippen LogP contribution in [0.15, 0.2) is 65.6 Å². The van der Waals surface area contributed by atoms with Crippen molar-refractivity contribution in [1.29, 1.82) is 0 Å². The Labute approximate surface area is 195 Å². The van der Waals surface area contributed by atoms with E-state index >= 15 is 0 Å². The second kappa shape index (κ2) is 8.27. The molecule has 3 aliphatic heterocycles. The molecule has 2 saturated heterocycles. The van der Waals surface area contributed by atoms with Crippen molar-refractivity contribution in [1.82, 2.24) is 20.1 Å². The predicted molar refractivity (Wildman–Crippen MR) is 126 cm³/mol. The Morgan fingerprint density at radius 1 is 1.26 bits per heavy atom. The fourth-order valence-electron chi connectivity index (χ4n) is 5.10. The first kappa shape index (κ1) is 20.9. The van der Waals surface area contributed by atoms with Crippen LogP contribution >= 0.6 is 0 Å². The normalized spacial score (nSPS) is 22.4. The minimum Gasteiger partial charge on any atom is -0.378 e. The molecule has 0 aliphatic carbocycles. The van der Waals surface area contributed by atoms with E-state index in [9.17, 15) is 9.18 Å². The Balaban J connectivity index is 1.36. The van der Waals surface area contributed by atoms with E-state index in [1.807, 2.05) is 30.6 Å². The molecule has 3 aromatic rings. The number of carbonyl (C=O) groups excluding carboxylic acids is 1. The van der Waals surface area contributed by atoms with Crippen LogP contribution in [0, 0.1) is 5.82 Å². The smallest absolute Gasteiger partial charge is 0.248 e. The fraction of sp³-hybridized carbons (Fsp3) is 0.280. The van der Waals surface area contributed by atoms with E-state index < -0.39 is 5.91 Å². The molecule has 1 aromatic heterocycles. The summed E-state index contributed by atoms with van der Waals surface area (Å²) in [5, 5.41) is 4.48. The van der Waals surface area contributed by atoms with Crippen LogP contribution in [0.4, 0.5) is 4.39 Å². The molecule has 9 heteroatoms. The standard InChI is InChI=1S/C25H25FN6O2/c26-20-5-4-15(23(27)33)10-16(20)12-31-13-17-14-34-9-8-32(17)25-22(31)11-29-24(30-25)19-2-1-3-21-18(19)6-7-28-21/h1-7,10-11,17,25,28H,8-9,12-14H2,(H2,27,33)(H,29,30). The van der Waals surface area contributed by atoms with Gasteiger partial charge in [0.2, 0.25) is 5.91 Å². The van der Waals surface area contributed by atoms with E-state index in [1.54, 1.807) is 0 Å². The number of nitrogens with one attached hydrogen (secondary N) is 2. The van der Waals surface area contributed by atoms with Crippen molar-refractivity contribution in [3.63, 3.8) is 0 Å². The number of H-pyrrole nitrogens is 1. The van der Waals surface area contributed by atoms with Crippen LogP contribution in [0.3, 0.4) is 0 Å². The first-order chi connectivity index (χ1) is 16.6. The molecular formula is C25H25FN6O2. The first-order valence-corrected chi connectivity index (χ1v) is 11.4. The second-order valence-electron chi connectivity index (χ2n) is 8.83. The summed E-state index contributed by atoms with van der Waals surface area (Å²) < 4.78 is 20.4. The summed E-state index contributed by atoms with van der Waals surface area (Å²) in [5.74, 6) is -0.138. The minimum absolute atomic E-state index is 0.129. The van der Waals surface area contributed by atoms with E-state index in [0.29, 0.717) is 37.4 Å². The number of fused-ring (bicyclic) bond motifs is 4. The number of hydrogen-bond donors (Lipinski definition) is 3. The van der Waals surface area contributed by atoms with Crippen molar-refractivity contribution in [2.24, 2.45) is 10.7 Å². The van der Waals surface area contributed by atoms with Crippen molar-refractivity contribution in [3.8, 4) is 0 Å². The highest BCUT2D eigenvalue weighted by Gasteiger charge is 2.41. The average Bonchev–Trinajstić information content (AvgIpc) is 3.34. The maximum atomic E-state index is 14.7. The molecule has 174 valence electrons. The van der Waals surface area contributed by atoms with Gasteiger partial charge in [-0.25, -0.2) is 9.38 Å². The number of carbonyl (C=O) groups is 1. The predicted octanol–water partition coefficient (Wildman–Crippen LogP) is 2.14. The van der Waals surface area contributed by atoms with E-state index in [1.165, 1.54) is 18.2 Å². The van der Waals surface area contributed by atoms with Gasteiger partial charge in [0.1, 0.15) is 17.8 Å². The molecule has 4 heterocycles. The van der Waals surface area contributed by atoms with E-state index in [-0.39, 0.29) is 18.0 Å². The Morgan fingerprint density at radius 3 is 3.06 bits per heavy atom. The van der Waals surface area contributed by atoms with Gasteiger partial charge in [0.25, 0.3) is 0 Å². The minimum atomic E-state index is -0.573. The lowest BCUT2D eigenvalue weighted by atomic mass is 10.0. The third kappa shape index (κ3) is 3.53. The van der Waals surface area contributed by atoms with Crippen LogP contribution < -0.4 is 11.1 Å². The Morgan fingerprint density at radius 2 is 2.18 bits per heavy atom. The number of benzene rings is 2. The summed E-state index contributed by atoms with van der Waals surface area (Å²) in [4.78, 5) is 24.5. The van der Waals surface area contributed by atoms with Crippen molar-refractivity contribution in [2.45, 2.75) is 18.8 Å². The van der Waals surface area contributed by atoms with Crippen LogP contribution in [-0.2, 0) is 11.3 Å². The Kier molecular flexibility index (Phi) is 5.08. The van der Waals surface area contributed by atoms with Crippen LogP contribution in [-0.4, -0.2) is 65.0 Å². The number of primary amides is 1. The average molecular weight is 461 g/mol. The number of amides is 1. The highest BCUT2D eigenvalue weighted by Crippen LogP contribution is 2.32. The highest BCUT2D eigenvalue weighted by atomic mass is 19.1. The summed E-state index contributed by atoms with van der Waals surface area (Å²) in [6, 6.07) is 12.5. The fourth-order valence-corrected chi connectivity index (χ4v) is 5.10. The van der Waals surface area contributed by atoms with E-state index in [4.69, 9.17) is 15.5 Å². The quantitative estimate of drug-likeness (QED) is 0.554. The summed E-state index contributed by atoms with van der Waals surface area (Å²) in [6.45, 7) is 3.00. The molecule has 0 spiro atoms. The number of aromatic amines is 1.